The number of carbonyl (C=O) groups is 1. The van der Waals surface area contributed by atoms with Crippen molar-refractivity contribution in [2.45, 2.75) is 31.4 Å². The second kappa shape index (κ2) is 6.70. The smallest absolute Gasteiger partial charge is 0.328 e. The fourth-order valence-corrected chi connectivity index (χ4v) is 3.72. The third-order valence-electron chi connectivity index (χ3n) is 5.33. The van der Waals surface area contributed by atoms with Gasteiger partial charge in [0.05, 0.1) is 18.8 Å². The highest BCUT2D eigenvalue weighted by atomic mass is 16.5. The van der Waals surface area contributed by atoms with Crippen LogP contribution in [-0.2, 0) is 13.5 Å². The van der Waals surface area contributed by atoms with Gasteiger partial charge in [0.1, 0.15) is 11.3 Å². The first-order chi connectivity index (χ1) is 12.9. The number of hydrogen-bond donors (Lipinski definition) is 3. The highest BCUT2D eigenvalue weighted by Crippen LogP contribution is 2.39. The summed E-state index contributed by atoms with van der Waals surface area (Å²) >= 11 is 0. The highest BCUT2D eigenvalue weighted by Gasteiger charge is 2.36. The van der Waals surface area contributed by atoms with E-state index in [1.54, 1.807) is 0 Å². The standard InChI is InChI=1S/C19H21N3O5/c1-22-9-14(18(25)21-19(22)26)17(24)20-16(12-7-13(23)8-12)11-2-3-15-10(6-11)4-5-27-15/h2-3,6,9,12-13,16,23H,4-5,7-8H2,1H3,(H,20,24)(H,21,25,26)/t12?,13?,16-/m0/s1. The van der Waals surface area contributed by atoms with Crippen LogP contribution in [0.3, 0.4) is 0 Å². The average molecular weight is 371 g/mol. The number of H-pyrrole nitrogens is 1. The number of aliphatic hydroxyl groups excluding tert-OH is 1. The molecule has 27 heavy (non-hydrogen) atoms. The molecule has 1 atom stereocenters. The third kappa shape index (κ3) is 3.28. The molecule has 0 unspecified atom stereocenters. The molecule has 1 saturated carbocycles. The minimum atomic E-state index is -0.717. The summed E-state index contributed by atoms with van der Waals surface area (Å²) in [7, 11) is 1.47. The number of nitrogens with zero attached hydrogens (tertiary/aromatic N) is 1. The van der Waals surface area contributed by atoms with Gasteiger partial charge in [0.2, 0.25) is 0 Å². The van der Waals surface area contributed by atoms with Gasteiger partial charge < -0.3 is 19.7 Å². The Morgan fingerprint density at radius 3 is 2.89 bits per heavy atom. The van der Waals surface area contributed by atoms with Crippen LogP contribution in [0.2, 0.25) is 0 Å². The summed E-state index contributed by atoms with van der Waals surface area (Å²) in [4.78, 5) is 38.4. The zero-order valence-electron chi connectivity index (χ0n) is 14.9. The Morgan fingerprint density at radius 1 is 1.37 bits per heavy atom. The summed E-state index contributed by atoms with van der Waals surface area (Å²) in [6, 6.07) is 5.49. The van der Waals surface area contributed by atoms with Crippen molar-refractivity contribution < 1.29 is 14.6 Å². The number of rotatable bonds is 4. The molecule has 3 N–H and O–H groups in total. The molecule has 1 aromatic heterocycles. The molecule has 1 aliphatic heterocycles. The Kier molecular flexibility index (Phi) is 4.35. The number of ether oxygens (including phenoxy) is 1. The molecule has 0 saturated heterocycles. The normalized spacial score (nSPS) is 21.7. The van der Waals surface area contributed by atoms with Crippen LogP contribution in [0.1, 0.15) is 40.4 Å². The van der Waals surface area contributed by atoms with E-state index in [1.165, 1.54) is 13.2 Å². The number of aromatic nitrogens is 2. The molecule has 142 valence electrons. The Hall–Kier alpha value is -2.87. The van der Waals surface area contributed by atoms with Crippen LogP contribution in [0.5, 0.6) is 5.75 Å². The quantitative estimate of drug-likeness (QED) is 0.713. The first-order valence-electron chi connectivity index (χ1n) is 8.97. The van der Waals surface area contributed by atoms with Gasteiger partial charge in [0.15, 0.2) is 0 Å². The molecule has 0 spiro atoms. The Morgan fingerprint density at radius 2 is 2.15 bits per heavy atom. The predicted molar refractivity (Wildman–Crippen MR) is 96.9 cm³/mol. The SMILES string of the molecule is Cn1cc(C(=O)N[C@@H](c2ccc3c(c2)CCO3)C2CC(O)C2)c(=O)[nH]c1=O. The van der Waals surface area contributed by atoms with Crippen LogP contribution >= 0.6 is 0 Å². The lowest BCUT2D eigenvalue weighted by atomic mass is 9.74. The lowest BCUT2D eigenvalue weighted by molar-refractivity contribution is 0.0235. The van der Waals surface area contributed by atoms with Crippen LogP contribution in [0.4, 0.5) is 0 Å². The number of carbonyl (C=O) groups excluding carboxylic acids is 1. The first-order valence-corrected chi connectivity index (χ1v) is 8.97. The fraction of sp³-hybridized carbons (Fsp3) is 0.421. The Balaban J connectivity index is 1.64. The maximum atomic E-state index is 12.7. The Labute approximate surface area is 154 Å². The minimum Gasteiger partial charge on any atom is -0.493 e. The van der Waals surface area contributed by atoms with Crippen molar-refractivity contribution in [3.05, 3.63) is 61.9 Å². The molecule has 8 nitrogen and oxygen atoms in total. The molecule has 1 aliphatic carbocycles. The maximum Gasteiger partial charge on any atom is 0.328 e. The monoisotopic (exact) mass is 371 g/mol. The molecule has 2 heterocycles. The average Bonchev–Trinajstić information content (AvgIpc) is 3.08. The van der Waals surface area contributed by atoms with Crippen LogP contribution in [0.15, 0.2) is 34.0 Å². The number of benzene rings is 1. The largest absolute Gasteiger partial charge is 0.493 e. The van der Waals surface area contributed by atoms with Gasteiger partial charge in [-0.1, -0.05) is 6.07 Å². The van der Waals surface area contributed by atoms with Crippen molar-refractivity contribution >= 4 is 5.91 Å². The van der Waals surface area contributed by atoms with Gasteiger partial charge in [-0.25, -0.2) is 4.79 Å². The van der Waals surface area contributed by atoms with Gasteiger partial charge in [-0.05, 0) is 42.0 Å². The molecular formula is C19H21N3O5. The van der Waals surface area contributed by atoms with E-state index in [-0.39, 0.29) is 23.6 Å². The van der Waals surface area contributed by atoms with Crippen LogP contribution in [-0.4, -0.2) is 33.3 Å². The zero-order valence-corrected chi connectivity index (χ0v) is 14.9. The molecular weight excluding hydrogens is 350 g/mol. The molecule has 2 aromatic rings. The van der Waals surface area contributed by atoms with Gasteiger partial charge in [-0.2, -0.15) is 0 Å². The van der Waals surface area contributed by atoms with Gasteiger partial charge in [0.25, 0.3) is 11.5 Å². The van der Waals surface area contributed by atoms with Crippen molar-refractivity contribution in [3.63, 3.8) is 0 Å². The Bertz CT molecular complexity index is 1000. The predicted octanol–water partition coefficient (Wildman–Crippen LogP) is 0.251. The summed E-state index contributed by atoms with van der Waals surface area (Å²) in [5.74, 6) is 0.387. The van der Waals surface area contributed by atoms with Gasteiger partial charge in [-0.3, -0.25) is 14.6 Å². The first kappa shape index (κ1) is 17.5. The number of amides is 1. The second-order valence-electron chi connectivity index (χ2n) is 7.22. The van der Waals surface area contributed by atoms with Crippen molar-refractivity contribution in [1.82, 2.24) is 14.9 Å². The molecule has 1 aromatic carbocycles. The molecule has 8 heteroatoms. The van der Waals surface area contributed by atoms with Crippen LogP contribution in [0, 0.1) is 5.92 Å². The number of hydrogen-bond acceptors (Lipinski definition) is 5. The number of aryl methyl sites for hydroxylation is 1. The van der Waals surface area contributed by atoms with E-state index in [0.29, 0.717) is 19.4 Å². The van der Waals surface area contributed by atoms with E-state index in [0.717, 1.165) is 27.9 Å². The summed E-state index contributed by atoms with van der Waals surface area (Å²) in [5, 5.41) is 12.6. The number of fused-ring (bicyclic) bond motifs is 1. The van der Waals surface area contributed by atoms with Gasteiger partial charge in [-0.15, -0.1) is 0 Å². The van der Waals surface area contributed by atoms with Crippen LogP contribution in [0.25, 0.3) is 0 Å². The number of aromatic amines is 1. The number of nitrogens with one attached hydrogen (secondary N) is 2. The number of aliphatic hydroxyl groups is 1. The van der Waals surface area contributed by atoms with Crippen molar-refractivity contribution in [3.8, 4) is 5.75 Å². The minimum absolute atomic E-state index is 0.0796. The summed E-state index contributed by atoms with van der Waals surface area (Å²) in [5.41, 5.74) is 0.600. The van der Waals surface area contributed by atoms with Gasteiger partial charge >= 0.3 is 5.69 Å². The van der Waals surface area contributed by atoms with E-state index < -0.39 is 17.2 Å². The van der Waals surface area contributed by atoms with E-state index in [4.69, 9.17) is 4.74 Å². The molecule has 1 amide bonds. The summed E-state index contributed by atoms with van der Waals surface area (Å²) < 4.78 is 6.69. The topological polar surface area (TPSA) is 113 Å². The fourth-order valence-electron chi connectivity index (χ4n) is 3.72. The van der Waals surface area contributed by atoms with Gasteiger partial charge in [0, 0.05) is 19.7 Å². The molecule has 4 rings (SSSR count). The third-order valence-corrected chi connectivity index (χ3v) is 5.33. The second-order valence-corrected chi connectivity index (χ2v) is 7.22. The lowest BCUT2D eigenvalue weighted by Gasteiger charge is -2.38. The summed E-state index contributed by atoms with van der Waals surface area (Å²) in [6.07, 6.45) is 2.86. The molecule has 1 fully saturated rings. The van der Waals surface area contributed by atoms with Crippen molar-refractivity contribution in [2.75, 3.05) is 6.61 Å². The zero-order chi connectivity index (χ0) is 19.1. The highest BCUT2D eigenvalue weighted by molar-refractivity contribution is 5.93. The van der Waals surface area contributed by atoms with E-state index in [1.807, 2.05) is 18.2 Å². The molecule has 0 radical (unpaired) electrons. The van der Waals surface area contributed by atoms with Crippen molar-refractivity contribution in [2.24, 2.45) is 13.0 Å². The van der Waals surface area contributed by atoms with Crippen molar-refractivity contribution in [1.29, 1.82) is 0 Å². The molecule has 0 bridgehead atoms. The maximum absolute atomic E-state index is 12.7. The van der Waals surface area contributed by atoms with E-state index >= 15 is 0 Å². The van der Waals surface area contributed by atoms with Crippen LogP contribution < -0.4 is 21.3 Å². The summed E-state index contributed by atoms with van der Waals surface area (Å²) in [6.45, 7) is 0.644. The van der Waals surface area contributed by atoms with E-state index in [9.17, 15) is 19.5 Å². The van der Waals surface area contributed by atoms with E-state index in [2.05, 4.69) is 10.3 Å². The lowest BCUT2D eigenvalue weighted by Crippen LogP contribution is -2.43. The molecule has 2 aliphatic rings.